The largest absolute Gasteiger partial charge is 0.351 e. The number of carbonyl (C=O) groups excluding carboxylic acids is 2. The molecule has 0 saturated heterocycles. The van der Waals surface area contributed by atoms with Crippen LogP contribution in [0, 0.1) is 29.0 Å². The van der Waals surface area contributed by atoms with E-state index in [-0.39, 0.29) is 30.7 Å². The van der Waals surface area contributed by atoms with Crippen LogP contribution in [0.25, 0.3) is 0 Å². The molecule has 2 amide bonds. The summed E-state index contributed by atoms with van der Waals surface area (Å²) in [5.41, 5.74) is 0.761. The normalized spacial score (nSPS) is 31.4. The van der Waals surface area contributed by atoms with Crippen LogP contribution in [0.5, 0.6) is 0 Å². The van der Waals surface area contributed by atoms with Crippen molar-refractivity contribution in [3.8, 4) is 0 Å². The summed E-state index contributed by atoms with van der Waals surface area (Å²) in [4.78, 5) is 25.4. The van der Waals surface area contributed by atoms with Crippen molar-refractivity contribution in [1.82, 2.24) is 5.32 Å². The van der Waals surface area contributed by atoms with Crippen LogP contribution in [0.3, 0.4) is 0 Å². The predicted molar refractivity (Wildman–Crippen MR) is 105 cm³/mol. The van der Waals surface area contributed by atoms with Gasteiger partial charge in [-0.15, -0.1) is 0 Å². The highest BCUT2D eigenvalue weighted by atomic mass is 19.1. The van der Waals surface area contributed by atoms with Gasteiger partial charge in [0.05, 0.1) is 7.05 Å². The van der Waals surface area contributed by atoms with Gasteiger partial charge in [0.2, 0.25) is 0 Å². The molecule has 0 spiro atoms. The highest BCUT2D eigenvalue weighted by Crippen LogP contribution is 2.59. The van der Waals surface area contributed by atoms with Gasteiger partial charge in [0.1, 0.15) is 5.82 Å². The van der Waals surface area contributed by atoms with Crippen molar-refractivity contribution in [2.24, 2.45) is 23.2 Å². The third kappa shape index (κ3) is 4.54. The van der Waals surface area contributed by atoms with Gasteiger partial charge in [-0.2, -0.15) is 0 Å². The van der Waals surface area contributed by atoms with E-state index in [1.165, 1.54) is 50.7 Å². The fourth-order valence-electron chi connectivity index (χ4n) is 6.24. The predicted octanol–water partition coefficient (Wildman–Crippen LogP) is 1.61. The van der Waals surface area contributed by atoms with E-state index in [1.807, 2.05) is 7.05 Å². The maximum Gasteiger partial charge on any atom is 0.279 e. The maximum atomic E-state index is 13.2. The summed E-state index contributed by atoms with van der Waals surface area (Å²) in [6, 6.07) is 5.82. The third-order valence-electron chi connectivity index (χ3n) is 6.86. The second-order valence-corrected chi connectivity index (χ2v) is 9.56. The van der Waals surface area contributed by atoms with Crippen molar-refractivity contribution in [3.05, 3.63) is 30.1 Å². The van der Waals surface area contributed by atoms with Crippen molar-refractivity contribution in [1.29, 1.82) is 0 Å². The number of carbonyl (C=O) groups is 2. The van der Waals surface area contributed by atoms with Gasteiger partial charge in [0.15, 0.2) is 13.1 Å². The van der Waals surface area contributed by atoms with Crippen LogP contribution < -0.4 is 15.5 Å². The number of hydrogen-bond donors (Lipinski definition) is 3. The first kappa shape index (κ1) is 19.4. The monoisotopic (exact) mass is 388 g/mol. The van der Waals surface area contributed by atoms with Crippen LogP contribution in [-0.2, 0) is 9.59 Å². The number of benzene rings is 1. The Morgan fingerprint density at radius 1 is 1.07 bits per heavy atom. The lowest BCUT2D eigenvalue weighted by Gasteiger charge is -2.56. The first-order chi connectivity index (χ1) is 13.4. The van der Waals surface area contributed by atoms with E-state index in [1.54, 1.807) is 12.1 Å². The van der Waals surface area contributed by atoms with Gasteiger partial charge in [-0.25, -0.2) is 4.39 Å². The smallest absolute Gasteiger partial charge is 0.279 e. The molecule has 0 aromatic heterocycles. The average Bonchev–Trinajstić information content (AvgIpc) is 2.58. The first-order valence-corrected chi connectivity index (χ1v) is 10.5. The molecule has 5 nitrogen and oxygen atoms in total. The Balaban J connectivity index is 1.21. The van der Waals surface area contributed by atoms with E-state index in [4.69, 9.17) is 0 Å². The van der Waals surface area contributed by atoms with Crippen molar-refractivity contribution >= 4 is 17.5 Å². The minimum Gasteiger partial charge on any atom is -0.351 e. The number of anilines is 1. The third-order valence-corrected chi connectivity index (χ3v) is 6.86. The Morgan fingerprint density at radius 3 is 2.29 bits per heavy atom. The summed E-state index contributed by atoms with van der Waals surface area (Å²) in [5.74, 6) is 2.03. The average molecular weight is 389 g/mol. The molecule has 4 fully saturated rings. The summed E-state index contributed by atoms with van der Waals surface area (Å²) < 4.78 is 13.2. The van der Waals surface area contributed by atoms with E-state index < -0.39 is 0 Å². The zero-order chi connectivity index (χ0) is 19.7. The molecule has 28 heavy (non-hydrogen) atoms. The Hall–Kier alpha value is -1.95. The highest BCUT2D eigenvalue weighted by Gasteiger charge is 2.50. The van der Waals surface area contributed by atoms with Crippen LogP contribution in [0.15, 0.2) is 24.3 Å². The number of likely N-dealkylation sites (N-methyl/N-ethyl adjacent to an activating group) is 1. The van der Waals surface area contributed by atoms with Gasteiger partial charge in [-0.3, -0.25) is 9.59 Å². The van der Waals surface area contributed by atoms with Crippen LogP contribution in [0.1, 0.15) is 38.5 Å². The molecule has 0 aliphatic heterocycles. The molecule has 4 aliphatic carbocycles. The van der Waals surface area contributed by atoms with E-state index in [0.717, 1.165) is 29.2 Å². The first-order valence-electron chi connectivity index (χ1n) is 10.5. The highest BCUT2D eigenvalue weighted by molar-refractivity contribution is 5.91. The number of hydrogen-bond acceptors (Lipinski definition) is 2. The Morgan fingerprint density at radius 2 is 1.68 bits per heavy atom. The van der Waals surface area contributed by atoms with Gasteiger partial charge < -0.3 is 15.5 Å². The van der Waals surface area contributed by atoms with Crippen molar-refractivity contribution in [2.75, 3.05) is 32.0 Å². The van der Waals surface area contributed by atoms with Crippen molar-refractivity contribution < 1.29 is 18.9 Å². The molecule has 0 heterocycles. The summed E-state index contributed by atoms with van der Waals surface area (Å²) in [6.45, 7) is 1.22. The number of nitrogens with one attached hydrogen (secondary N) is 3. The second kappa shape index (κ2) is 7.82. The molecule has 1 aromatic carbocycles. The molecule has 4 aliphatic rings. The molecule has 1 aromatic rings. The van der Waals surface area contributed by atoms with Crippen LogP contribution in [0.2, 0.25) is 0 Å². The molecule has 4 bridgehead atoms. The van der Waals surface area contributed by atoms with E-state index in [0.29, 0.717) is 11.1 Å². The van der Waals surface area contributed by atoms with Crippen LogP contribution >= 0.6 is 0 Å². The van der Waals surface area contributed by atoms with Crippen LogP contribution in [0.4, 0.5) is 10.1 Å². The zero-order valence-electron chi connectivity index (χ0n) is 16.6. The van der Waals surface area contributed by atoms with Gasteiger partial charge in [0.25, 0.3) is 11.8 Å². The Bertz CT molecular complexity index is 716. The van der Waals surface area contributed by atoms with E-state index in [9.17, 15) is 14.0 Å². The lowest BCUT2D eigenvalue weighted by molar-refractivity contribution is -0.862. The van der Waals surface area contributed by atoms with Gasteiger partial charge in [-0.1, -0.05) is 6.07 Å². The molecule has 1 unspecified atom stereocenters. The summed E-state index contributed by atoms with van der Waals surface area (Å²) in [7, 11) is 1.83. The number of quaternary nitrogens is 1. The lowest BCUT2D eigenvalue weighted by atomic mass is 9.49. The van der Waals surface area contributed by atoms with Crippen molar-refractivity contribution in [3.63, 3.8) is 0 Å². The quantitative estimate of drug-likeness (QED) is 0.665. The van der Waals surface area contributed by atoms with Crippen LogP contribution in [-0.4, -0.2) is 38.5 Å². The second-order valence-electron chi connectivity index (χ2n) is 9.56. The molecule has 4 saturated carbocycles. The lowest BCUT2D eigenvalue weighted by Crippen LogP contribution is -3.11. The number of amides is 2. The van der Waals surface area contributed by atoms with E-state index in [2.05, 4.69) is 10.6 Å². The molecular formula is C22H31FN3O2+. The molecular weight excluding hydrogens is 357 g/mol. The number of halogens is 1. The molecule has 0 radical (unpaired) electrons. The fraction of sp³-hybridized carbons (Fsp3) is 0.636. The zero-order valence-corrected chi connectivity index (χ0v) is 16.6. The molecule has 3 N–H and O–H groups in total. The van der Waals surface area contributed by atoms with Crippen molar-refractivity contribution in [2.45, 2.75) is 38.5 Å². The molecule has 152 valence electrons. The Labute approximate surface area is 166 Å². The number of rotatable bonds is 7. The minimum absolute atomic E-state index is 0.00630. The maximum absolute atomic E-state index is 13.2. The van der Waals surface area contributed by atoms with Gasteiger partial charge in [0, 0.05) is 12.2 Å². The Kier molecular flexibility index (Phi) is 5.41. The summed E-state index contributed by atoms with van der Waals surface area (Å²) in [5, 5.41) is 5.84. The standard InChI is InChI=1S/C22H30FN3O2/c1-26(13-21(28)25-19-4-2-3-18(23)8-19)12-20(27)24-14-22-9-15-5-16(10-22)7-17(6-15)11-22/h2-4,8,15-17H,5-7,9-14H2,1H3,(H,24,27)(H,25,28)/p+1. The minimum atomic E-state index is -0.387. The van der Waals surface area contributed by atoms with Gasteiger partial charge in [-0.05, 0) is 79.9 Å². The topological polar surface area (TPSA) is 62.6 Å². The molecule has 6 heteroatoms. The summed E-state index contributed by atoms with van der Waals surface area (Å²) in [6.07, 6.45) is 8.04. The van der Waals surface area contributed by atoms with E-state index >= 15 is 0 Å². The molecule has 1 atom stereocenters. The molecule has 5 rings (SSSR count). The SMILES string of the molecule is C[NH+](CC(=O)NCC12CC3CC(CC(C3)C1)C2)CC(=O)Nc1cccc(F)c1. The fourth-order valence-corrected chi connectivity index (χ4v) is 6.24. The summed E-state index contributed by atoms with van der Waals surface area (Å²) >= 11 is 0. The van der Waals surface area contributed by atoms with Gasteiger partial charge >= 0.3 is 0 Å².